The van der Waals surface area contributed by atoms with Crippen molar-refractivity contribution in [2.24, 2.45) is 5.10 Å². The Kier molecular flexibility index (Phi) is 5.28. The molecule has 0 radical (unpaired) electrons. The molecular formula is C15H11F3N2O2S. The SMILES string of the molecule is O=C(C/C(=N\NC(=O)c1ccccc1)C(F)(F)F)c1ccsc1. The van der Waals surface area contributed by atoms with Crippen molar-refractivity contribution in [3.63, 3.8) is 0 Å². The number of nitrogens with one attached hydrogen (secondary N) is 1. The van der Waals surface area contributed by atoms with Crippen LogP contribution in [0.4, 0.5) is 13.2 Å². The van der Waals surface area contributed by atoms with Crippen molar-refractivity contribution < 1.29 is 22.8 Å². The third kappa shape index (κ3) is 4.75. The molecule has 2 rings (SSSR count). The van der Waals surface area contributed by atoms with E-state index >= 15 is 0 Å². The molecule has 0 spiro atoms. The first-order valence-corrected chi connectivity index (χ1v) is 7.37. The summed E-state index contributed by atoms with van der Waals surface area (Å²) < 4.78 is 38.8. The van der Waals surface area contributed by atoms with Crippen LogP contribution in [-0.4, -0.2) is 23.6 Å². The molecule has 0 aliphatic carbocycles. The zero-order valence-corrected chi connectivity index (χ0v) is 12.4. The van der Waals surface area contributed by atoms with Gasteiger partial charge in [0.1, 0.15) is 5.71 Å². The lowest BCUT2D eigenvalue weighted by molar-refractivity contribution is -0.0605. The fourth-order valence-corrected chi connectivity index (χ4v) is 2.31. The van der Waals surface area contributed by atoms with Gasteiger partial charge in [-0.25, -0.2) is 5.43 Å². The normalized spacial score (nSPS) is 12.0. The van der Waals surface area contributed by atoms with Crippen LogP contribution < -0.4 is 5.43 Å². The maximum Gasteiger partial charge on any atom is 0.431 e. The molecular weight excluding hydrogens is 329 g/mol. The van der Waals surface area contributed by atoms with Crippen molar-refractivity contribution in [2.75, 3.05) is 0 Å². The zero-order valence-electron chi connectivity index (χ0n) is 11.6. The number of thiophene rings is 1. The van der Waals surface area contributed by atoms with E-state index in [0.29, 0.717) is 0 Å². The lowest BCUT2D eigenvalue weighted by atomic mass is 10.1. The number of amides is 1. The van der Waals surface area contributed by atoms with Crippen LogP contribution in [0.5, 0.6) is 0 Å². The van der Waals surface area contributed by atoms with Gasteiger partial charge in [0.25, 0.3) is 5.91 Å². The van der Waals surface area contributed by atoms with Gasteiger partial charge in [0.2, 0.25) is 0 Å². The van der Waals surface area contributed by atoms with Gasteiger partial charge in [0, 0.05) is 16.5 Å². The van der Waals surface area contributed by atoms with E-state index < -0.39 is 30.0 Å². The monoisotopic (exact) mass is 340 g/mol. The largest absolute Gasteiger partial charge is 0.431 e. The Morgan fingerprint density at radius 1 is 1.09 bits per heavy atom. The Labute approximate surface area is 133 Å². The molecule has 0 fully saturated rings. The third-order valence-corrected chi connectivity index (χ3v) is 3.51. The number of hydrazone groups is 1. The molecule has 1 aromatic heterocycles. The van der Waals surface area contributed by atoms with Gasteiger partial charge in [-0.2, -0.15) is 29.6 Å². The number of Topliss-reactive ketones (excluding diaryl/α,β-unsaturated/α-hetero) is 1. The van der Waals surface area contributed by atoms with Crippen LogP contribution in [0.2, 0.25) is 0 Å². The van der Waals surface area contributed by atoms with Crippen LogP contribution in [0.15, 0.2) is 52.3 Å². The Bertz CT molecular complexity index is 710. The van der Waals surface area contributed by atoms with Gasteiger partial charge in [-0.3, -0.25) is 9.59 Å². The Morgan fingerprint density at radius 2 is 1.78 bits per heavy atom. The van der Waals surface area contributed by atoms with Crippen molar-refractivity contribution in [3.05, 3.63) is 58.3 Å². The Hall–Kier alpha value is -2.48. The van der Waals surface area contributed by atoms with E-state index in [0.717, 1.165) is 0 Å². The summed E-state index contributed by atoms with van der Waals surface area (Å²) >= 11 is 1.21. The van der Waals surface area contributed by atoms with E-state index in [1.807, 2.05) is 5.43 Å². The van der Waals surface area contributed by atoms with Crippen LogP contribution >= 0.6 is 11.3 Å². The molecule has 0 saturated carbocycles. The van der Waals surface area contributed by atoms with Crippen molar-refractivity contribution >= 4 is 28.7 Å². The highest BCUT2D eigenvalue weighted by Gasteiger charge is 2.37. The number of rotatable bonds is 5. The summed E-state index contributed by atoms with van der Waals surface area (Å²) in [6, 6.07) is 9.13. The highest BCUT2D eigenvalue weighted by Crippen LogP contribution is 2.21. The van der Waals surface area contributed by atoms with Gasteiger partial charge < -0.3 is 0 Å². The molecule has 4 nitrogen and oxygen atoms in total. The summed E-state index contributed by atoms with van der Waals surface area (Å²) in [6.45, 7) is 0. The second kappa shape index (κ2) is 7.19. The van der Waals surface area contributed by atoms with Gasteiger partial charge in [-0.1, -0.05) is 18.2 Å². The summed E-state index contributed by atoms with van der Waals surface area (Å²) in [5, 5.41) is 6.15. The maximum atomic E-state index is 12.9. The van der Waals surface area contributed by atoms with Crippen molar-refractivity contribution in [2.45, 2.75) is 12.6 Å². The molecule has 0 aliphatic rings. The molecule has 0 atom stereocenters. The van der Waals surface area contributed by atoms with E-state index in [2.05, 4.69) is 5.10 Å². The lowest BCUT2D eigenvalue weighted by Gasteiger charge is -2.10. The minimum absolute atomic E-state index is 0.168. The van der Waals surface area contributed by atoms with Gasteiger partial charge in [-0.15, -0.1) is 0 Å². The molecule has 0 bridgehead atoms. The van der Waals surface area contributed by atoms with Crippen molar-refractivity contribution in [1.82, 2.24) is 5.43 Å². The third-order valence-electron chi connectivity index (χ3n) is 2.83. The number of ketones is 1. The van der Waals surface area contributed by atoms with E-state index in [4.69, 9.17) is 0 Å². The average Bonchev–Trinajstić information content (AvgIpc) is 3.05. The first kappa shape index (κ1) is 16.9. The number of hydrogen-bond donors (Lipinski definition) is 1. The van der Waals surface area contributed by atoms with E-state index in [1.54, 1.807) is 23.6 Å². The zero-order chi connectivity index (χ0) is 16.9. The molecule has 1 N–H and O–H groups in total. The average molecular weight is 340 g/mol. The predicted octanol–water partition coefficient (Wildman–Crippen LogP) is 3.67. The van der Waals surface area contributed by atoms with Gasteiger partial charge in [0.05, 0.1) is 6.42 Å². The topological polar surface area (TPSA) is 58.5 Å². The summed E-state index contributed by atoms with van der Waals surface area (Å²) in [5.74, 6) is -1.49. The molecule has 0 saturated heterocycles. The van der Waals surface area contributed by atoms with Crippen LogP contribution in [-0.2, 0) is 0 Å². The Morgan fingerprint density at radius 3 is 2.35 bits per heavy atom. The van der Waals surface area contributed by atoms with Crippen LogP contribution in [0, 0.1) is 0 Å². The predicted molar refractivity (Wildman–Crippen MR) is 80.7 cm³/mol. The molecule has 120 valence electrons. The molecule has 1 amide bonds. The number of halogens is 3. The molecule has 2 aromatic rings. The Balaban J connectivity index is 2.12. The van der Waals surface area contributed by atoms with E-state index in [-0.39, 0.29) is 11.1 Å². The highest BCUT2D eigenvalue weighted by atomic mass is 32.1. The van der Waals surface area contributed by atoms with Crippen molar-refractivity contribution in [1.29, 1.82) is 0 Å². The summed E-state index contributed by atoms with van der Waals surface area (Å²) in [5.41, 5.74) is 0.837. The van der Waals surface area contributed by atoms with E-state index in [1.165, 1.54) is 34.9 Å². The minimum Gasteiger partial charge on any atom is -0.294 e. The number of nitrogens with zero attached hydrogens (tertiary/aromatic N) is 1. The molecule has 8 heteroatoms. The maximum absolute atomic E-state index is 12.9. The lowest BCUT2D eigenvalue weighted by Crippen LogP contribution is -2.30. The van der Waals surface area contributed by atoms with Gasteiger partial charge >= 0.3 is 6.18 Å². The number of hydrogen-bond acceptors (Lipinski definition) is 4. The highest BCUT2D eigenvalue weighted by molar-refractivity contribution is 7.08. The standard InChI is InChI=1S/C15H11F3N2O2S/c16-15(17,18)13(8-12(21)11-6-7-23-9-11)19-20-14(22)10-4-2-1-3-5-10/h1-7,9H,8H2,(H,20,22)/b19-13+. The molecule has 23 heavy (non-hydrogen) atoms. The van der Waals surface area contributed by atoms with Gasteiger partial charge in [0.15, 0.2) is 5.78 Å². The number of alkyl halides is 3. The van der Waals surface area contributed by atoms with Gasteiger partial charge in [-0.05, 0) is 23.6 Å². The first-order valence-electron chi connectivity index (χ1n) is 6.42. The fraction of sp³-hybridized carbons (Fsp3) is 0.133. The smallest absolute Gasteiger partial charge is 0.294 e. The molecule has 0 unspecified atom stereocenters. The van der Waals surface area contributed by atoms with Crippen LogP contribution in [0.3, 0.4) is 0 Å². The number of carbonyl (C=O) groups excluding carboxylic acids is 2. The van der Waals surface area contributed by atoms with E-state index in [9.17, 15) is 22.8 Å². The minimum atomic E-state index is -4.81. The molecule has 1 aromatic carbocycles. The summed E-state index contributed by atoms with van der Waals surface area (Å²) in [6.07, 6.45) is -5.75. The van der Waals surface area contributed by atoms with Crippen LogP contribution in [0.1, 0.15) is 27.1 Å². The van der Waals surface area contributed by atoms with Crippen LogP contribution in [0.25, 0.3) is 0 Å². The number of carbonyl (C=O) groups is 2. The summed E-state index contributed by atoms with van der Waals surface area (Å²) in [4.78, 5) is 23.5. The summed E-state index contributed by atoms with van der Waals surface area (Å²) in [7, 11) is 0. The quantitative estimate of drug-likeness (QED) is 0.513. The second-order valence-corrected chi connectivity index (χ2v) is 5.26. The van der Waals surface area contributed by atoms with Crippen molar-refractivity contribution in [3.8, 4) is 0 Å². The molecule has 1 heterocycles. The second-order valence-electron chi connectivity index (χ2n) is 4.48. The first-order chi connectivity index (χ1) is 10.9. The fourth-order valence-electron chi connectivity index (χ4n) is 1.65. The number of benzene rings is 1. The molecule has 0 aliphatic heterocycles.